The number of likely N-dealkylation sites (tertiary alicyclic amines) is 1. The van der Waals surface area contributed by atoms with Gasteiger partial charge in [0.2, 0.25) is 0 Å². The molecule has 27 heavy (non-hydrogen) atoms. The summed E-state index contributed by atoms with van der Waals surface area (Å²) in [5.41, 5.74) is 3.25. The van der Waals surface area contributed by atoms with E-state index >= 15 is 0 Å². The van der Waals surface area contributed by atoms with E-state index in [0.717, 1.165) is 62.9 Å². The number of benzene rings is 1. The van der Waals surface area contributed by atoms with Gasteiger partial charge in [-0.2, -0.15) is 0 Å². The first kappa shape index (κ1) is 18.1. The van der Waals surface area contributed by atoms with Gasteiger partial charge in [-0.25, -0.2) is 9.59 Å². The maximum absolute atomic E-state index is 12.3. The summed E-state index contributed by atoms with van der Waals surface area (Å²) in [6.07, 6.45) is 3.96. The van der Waals surface area contributed by atoms with Crippen LogP contribution in [0.25, 0.3) is 11.0 Å². The van der Waals surface area contributed by atoms with E-state index in [2.05, 4.69) is 23.0 Å². The van der Waals surface area contributed by atoms with Gasteiger partial charge in [-0.15, -0.1) is 0 Å². The van der Waals surface area contributed by atoms with Crippen molar-refractivity contribution in [1.29, 1.82) is 0 Å². The number of hydrogen-bond acceptors (Lipinski definition) is 4. The molecule has 4 rings (SSSR count). The summed E-state index contributed by atoms with van der Waals surface area (Å²) >= 11 is 0. The molecule has 1 saturated heterocycles. The van der Waals surface area contributed by atoms with Crippen molar-refractivity contribution in [3.8, 4) is 0 Å². The third-order valence-electron chi connectivity index (χ3n) is 6.29. The molecule has 2 aliphatic heterocycles. The lowest BCUT2D eigenvalue weighted by Gasteiger charge is -2.35. The van der Waals surface area contributed by atoms with Crippen molar-refractivity contribution >= 4 is 17.1 Å². The molecule has 3 heterocycles. The van der Waals surface area contributed by atoms with E-state index in [4.69, 9.17) is 4.74 Å². The van der Waals surface area contributed by atoms with Crippen LogP contribution in [0.3, 0.4) is 0 Å². The molecule has 1 fully saturated rings. The lowest BCUT2D eigenvalue weighted by Crippen LogP contribution is -2.43. The molecule has 1 N–H and O–H groups in total. The van der Waals surface area contributed by atoms with Crippen molar-refractivity contribution in [3.05, 3.63) is 34.2 Å². The number of hydrogen-bond donors (Lipinski definition) is 1. The zero-order chi connectivity index (χ0) is 19.0. The molecule has 1 aromatic heterocycles. The number of carbonyl (C=O) groups excluding carboxylic acids is 1. The van der Waals surface area contributed by atoms with Crippen LogP contribution >= 0.6 is 0 Å². The summed E-state index contributed by atoms with van der Waals surface area (Å²) in [7, 11) is 3.60. The topological polar surface area (TPSA) is 70.6 Å². The summed E-state index contributed by atoms with van der Waals surface area (Å²) < 4.78 is 6.70. The van der Waals surface area contributed by atoms with Crippen LogP contribution in [0.4, 0.5) is 4.79 Å². The van der Waals surface area contributed by atoms with Crippen LogP contribution in [0.5, 0.6) is 0 Å². The van der Waals surface area contributed by atoms with E-state index in [9.17, 15) is 9.59 Å². The van der Waals surface area contributed by atoms with E-state index in [0.29, 0.717) is 12.0 Å². The van der Waals surface area contributed by atoms with E-state index < -0.39 is 0 Å². The second kappa shape index (κ2) is 7.38. The van der Waals surface area contributed by atoms with Crippen molar-refractivity contribution < 1.29 is 9.53 Å². The Balaban J connectivity index is 1.34. The molecule has 2 aliphatic rings. The molecule has 2 aromatic rings. The largest absolute Gasteiger partial charge is 0.453 e. The molecular formula is C20H28N4O3. The summed E-state index contributed by atoms with van der Waals surface area (Å²) in [4.78, 5) is 31.0. The molecule has 0 aliphatic carbocycles. The number of piperidine rings is 1. The Morgan fingerprint density at radius 2 is 2.11 bits per heavy atom. The van der Waals surface area contributed by atoms with E-state index in [1.54, 1.807) is 4.90 Å². The number of carbonyl (C=O) groups is 1. The van der Waals surface area contributed by atoms with Gasteiger partial charge in [-0.3, -0.25) is 4.57 Å². The number of nitrogens with zero attached hydrogens (tertiary/aromatic N) is 3. The van der Waals surface area contributed by atoms with Crippen LogP contribution in [0.1, 0.15) is 24.8 Å². The number of methoxy groups -OCH3 is 1. The number of imidazole rings is 1. The minimum absolute atomic E-state index is 0.00858. The first-order valence-electron chi connectivity index (χ1n) is 9.80. The predicted molar refractivity (Wildman–Crippen MR) is 104 cm³/mol. The fourth-order valence-electron chi connectivity index (χ4n) is 4.56. The molecule has 1 aromatic carbocycles. The highest BCUT2D eigenvalue weighted by Crippen LogP contribution is 2.26. The van der Waals surface area contributed by atoms with Crippen LogP contribution in [0.15, 0.2) is 23.0 Å². The fraction of sp³-hybridized carbons (Fsp3) is 0.600. The number of likely N-dealkylation sites (N-methyl/N-ethyl adjacent to an activating group) is 1. The minimum Gasteiger partial charge on any atom is -0.453 e. The smallest absolute Gasteiger partial charge is 0.409 e. The maximum Gasteiger partial charge on any atom is 0.409 e. The van der Waals surface area contributed by atoms with Crippen molar-refractivity contribution in [2.24, 2.45) is 5.92 Å². The van der Waals surface area contributed by atoms with Gasteiger partial charge in [-0.05, 0) is 56.8 Å². The van der Waals surface area contributed by atoms with Gasteiger partial charge in [0.1, 0.15) is 0 Å². The average molecular weight is 372 g/mol. The first-order chi connectivity index (χ1) is 13.1. The molecule has 0 saturated carbocycles. The quantitative estimate of drug-likeness (QED) is 0.892. The molecule has 0 radical (unpaired) electrons. The Bertz CT molecular complexity index is 879. The number of nitrogens with one attached hydrogen (secondary N) is 1. The van der Waals surface area contributed by atoms with Crippen molar-refractivity contribution in [2.45, 2.75) is 38.3 Å². The standard InChI is InChI=1S/C20H28N4O3/c1-22(9-6-14-7-10-23(11-8-14)20(26)27-2)16-12-15-4-3-5-17-18(15)24(13-16)19(25)21-17/h3-5,14,16H,6-13H2,1-2H3,(H,21,25)/t16-/m1/s1. The van der Waals surface area contributed by atoms with Gasteiger partial charge in [0, 0.05) is 25.7 Å². The van der Waals surface area contributed by atoms with Crippen molar-refractivity contribution in [1.82, 2.24) is 19.4 Å². The van der Waals surface area contributed by atoms with Gasteiger partial charge in [-0.1, -0.05) is 12.1 Å². The third kappa shape index (κ3) is 3.48. The SMILES string of the molecule is COC(=O)N1CCC(CCN(C)[C@@H]2Cc3cccc4[nH]c(=O)n(c34)C2)CC1. The third-order valence-corrected chi connectivity index (χ3v) is 6.29. The first-order valence-corrected chi connectivity index (χ1v) is 9.80. The normalized spacial score (nSPS) is 20.4. The molecule has 7 heteroatoms. The number of amides is 1. The van der Waals surface area contributed by atoms with Crippen molar-refractivity contribution in [3.63, 3.8) is 0 Å². The molecule has 0 unspecified atom stereocenters. The predicted octanol–water partition coefficient (Wildman–Crippen LogP) is 2.05. The van der Waals surface area contributed by atoms with Crippen LogP contribution in [-0.2, 0) is 17.7 Å². The molecule has 1 amide bonds. The number of rotatable bonds is 4. The summed E-state index contributed by atoms with van der Waals surface area (Å²) in [5, 5.41) is 0. The second-order valence-electron chi connectivity index (χ2n) is 7.88. The molecule has 7 nitrogen and oxygen atoms in total. The summed E-state index contributed by atoms with van der Waals surface area (Å²) in [6.45, 7) is 3.33. The number of ether oxygens (including phenoxy) is 1. The van der Waals surface area contributed by atoms with Crippen LogP contribution in [0, 0.1) is 5.92 Å². The monoisotopic (exact) mass is 372 g/mol. The number of H-pyrrole nitrogens is 1. The van der Waals surface area contributed by atoms with Gasteiger partial charge < -0.3 is 19.5 Å². The highest BCUT2D eigenvalue weighted by Gasteiger charge is 2.27. The molecule has 146 valence electrons. The number of aromatic nitrogens is 2. The Labute approximate surface area is 158 Å². The van der Waals surface area contributed by atoms with Crippen LogP contribution < -0.4 is 5.69 Å². The lowest BCUT2D eigenvalue weighted by molar-refractivity contribution is 0.101. The van der Waals surface area contributed by atoms with E-state index in [-0.39, 0.29) is 11.8 Å². The zero-order valence-corrected chi connectivity index (χ0v) is 16.1. The maximum atomic E-state index is 12.3. The Morgan fingerprint density at radius 3 is 2.85 bits per heavy atom. The highest BCUT2D eigenvalue weighted by atomic mass is 16.5. The molecular weight excluding hydrogens is 344 g/mol. The van der Waals surface area contributed by atoms with Crippen LogP contribution in [0.2, 0.25) is 0 Å². The molecule has 0 bridgehead atoms. The van der Waals surface area contributed by atoms with Gasteiger partial charge >= 0.3 is 11.8 Å². The molecule has 1 atom stereocenters. The summed E-state index contributed by atoms with van der Waals surface area (Å²) in [6, 6.07) is 6.47. The minimum atomic E-state index is -0.213. The number of para-hydroxylation sites is 1. The lowest BCUT2D eigenvalue weighted by atomic mass is 9.93. The Morgan fingerprint density at radius 1 is 1.33 bits per heavy atom. The van der Waals surface area contributed by atoms with Gasteiger partial charge in [0.25, 0.3) is 0 Å². The summed E-state index contributed by atoms with van der Waals surface area (Å²) in [5.74, 6) is 0.644. The van der Waals surface area contributed by atoms with E-state index in [1.165, 1.54) is 12.7 Å². The Hall–Kier alpha value is -2.28. The number of aromatic amines is 1. The zero-order valence-electron chi connectivity index (χ0n) is 16.1. The van der Waals surface area contributed by atoms with E-state index in [1.807, 2.05) is 16.7 Å². The van der Waals surface area contributed by atoms with Gasteiger partial charge in [0.05, 0.1) is 18.1 Å². The Kier molecular flexibility index (Phi) is 4.95. The second-order valence-corrected chi connectivity index (χ2v) is 7.88. The average Bonchev–Trinajstić information content (AvgIpc) is 3.03. The van der Waals surface area contributed by atoms with Crippen molar-refractivity contribution in [2.75, 3.05) is 33.8 Å². The van der Waals surface area contributed by atoms with Gasteiger partial charge in [0.15, 0.2) is 0 Å². The highest BCUT2D eigenvalue weighted by molar-refractivity contribution is 5.79. The fourth-order valence-corrected chi connectivity index (χ4v) is 4.56. The molecule has 0 spiro atoms. The van der Waals surface area contributed by atoms with Crippen LogP contribution in [-0.4, -0.2) is 65.3 Å².